The third kappa shape index (κ3) is 2.46. The Bertz CT molecular complexity index is 150. The summed E-state index contributed by atoms with van der Waals surface area (Å²) in [6.45, 7) is 6.86. The fourth-order valence-electron chi connectivity index (χ4n) is 1.89. The summed E-state index contributed by atoms with van der Waals surface area (Å²) in [6.07, 6.45) is 3.12. The molecule has 0 saturated heterocycles. The summed E-state index contributed by atoms with van der Waals surface area (Å²) < 4.78 is 0. The fourth-order valence-corrected chi connectivity index (χ4v) is 2.60. The first-order valence-electron chi connectivity index (χ1n) is 4.73. The molecular weight excluding hydrogens is 216 g/mol. The van der Waals surface area contributed by atoms with Gasteiger partial charge in [-0.3, -0.25) is 0 Å². The number of aliphatic hydroxyl groups is 1. The smallest absolute Gasteiger partial charge is 0.0665 e. The van der Waals surface area contributed by atoms with Crippen LogP contribution >= 0.6 is 15.9 Å². The summed E-state index contributed by atoms with van der Waals surface area (Å²) in [5.41, 5.74) is 0.395. The topological polar surface area (TPSA) is 20.2 Å². The Labute approximate surface area is 83.7 Å². The molecule has 3 atom stereocenters. The molecule has 0 bridgehead atoms. The maximum absolute atomic E-state index is 9.51. The summed E-state index contributed by atoms with van der Waals surface area (Å²) in [7, 11) is 0. The van der Waals surface area contributed by atoms with Crippen molar-refractivity contribution >= 4 is 15.9 Å². The molecule has 0 amide bonds. The Morgan fingerprint density at radius 2 is 1.83 bits per heavy atom. The zero-order chi connectivity index (χ0) is 9.35. The normalized spacial score (nSPS) is 38.2. The molecule has 0 spiro atoms. The minimum Gasteiger partial charge on any atom is -0.392 e. The summed E-state index contributed by atoms with van der Waals surface area (Å²) in [5, 5.41) is 9.51. The van der Waals surface area contributed by atoms with Crippen molar-refractivity contribution in [2.24, 2.45) is 11.3 Å². The summed E-state index contributed by atoms with van der Waals surface area (Å²) in [4.78, 5) is 0.315. The van der Waals surface area contributed by atoms with E-state index in [0.717, 1.165) is 18.8 Å². The monoisotopic (exact) mass is 234 g/mol. The van der Waals surface area contributed by atoms with Crippen LogP contribution in [0, 0.1) is 11.3 Å². The number of rotatable bonds is 0. The molecule has 1 aliphatic rings. The highest BCUT2D eigenvalue weighted by Gasteiger charge is 2.33. The van der Waals surface area contributed by atoms with Gasteiger partial charge in [0.15, 0.2) is 0 Å². The van der Waals surface area contributed by atoms with Gasteiger partial charge in [0.25, 0.3) is 0 Å². The van der Waals surface area contributed by atoms with E-state index in [4.69, 9.17) is 0 Å². The van der Waals surface area contributed by atoms with Crippen LogP contribution in [0.25, 0.3) is 0 Å². The average molecular weight is 235 g/mol. The van der Waals surface area contributed by atoms with Crippen molar-refractivity contribution in [1.82, 2.24) is 0 Å². The SMILES string of the molecule is CC(C)(C)[C@H]1CC[C@H](O)[C@@H](Br)C1. The number of hydrogen-bond donors (Lipinski definition) is 1. The molecule has 1 fully saturated rings. The summed E-state index contributed by atoms with van der Waals surface area (Å²) in [5.74, 6) is 0.755. The predicted molar refractivity (Wildman–Crippen MR) is 55.5 cm³/mol. The molecule has 0 unspecified atom stereocenters. The lowest BCUT2D eigenvalue weighted by atomic mass is 9.72. The molecule has 1 nitrogen and oxygen atoms in total. The minimum atomic E-state index is -0.122. The first-order chi connectivity index (χ1) is 5.41. The zero-order valence-electron chi connectivity index (χ0n) is 8.18. The largest absolute Gasteiger partial charge is 0.392 e. The molecule has 1 rings (SSSR count). The van der Waals surface area contributed by atoms with Gasteiger partial charge in [-0.05, 0) is 30.6 Å². The molecule has 0 heterocycles. The highest BCUT2D eigenvalue weighted by Crippen LogP contribution is 2.39. The Hall–Kier alpha value is 0.440. The van der Waals surface area contributed by atoms with Crippen LogP contribution in [0.15, 0.2) is 0 Å². The van der Waals surface area contributed by atoms with Crippen LogP contribution in [0.5, 0.6) is 0 Å². The fraction of sp³-hybridized carbons (Fsp3) is 1.00. The molecule has 0 aromatic carbocycles. The Morgan fingerprint density at radius 3 is 2.25 bits per heavy atom. The maximum Gasteiger partial charge on any atom is 0.0665 e. The van der Waals surface area contributed by atoms with Gasteiger partial charge in [-0.15, -0.1) is 0 Å². The molecule has 1 saturated carbocycles. The van der Waals surface area contributed by atoms with Gasteiger partial charge in [0, 0.05) is 4.83 Å². The third-order valence-corrected chi connectivity index (χ3v) is 3.95. The van der Waals surface area contributed by atoms with E-state index in [1.165, 1.54) is 6.42 Å². The van der Waals surface area contributed by atoms with Gasteiger partial charge in [-0.1, -0.05) is 36.7 Å². The van der Waals surface area contributed by atoms with E-state index < -0.39 is 0 Å². The van der Waals surface area contributed by atoms with Crippen LogP contribution in [0.1, 0.15) is 40.0 Å². The minimum absolute atomic E-state index is 0.122. The lowest BCUT2D eigenvalue weighted by Gasteiger charge is -2.38. The first-order valence-corrected chi connectivity index (χ1v) is 5.65. The van der Waals surface area contributed by atoms with Crippen molar-refractivity contribution in [1.29, 1.82) is 0 Å². The van der Waals surface area contributed by atoms with Crippen LogP contribution in [0.2, 0.25) is 0 Å². The second-order valence-electron chi connectivity index (χ2n) is 4.96. The van der Waals surface area contributed by atoms with Crippen molar-refractivity contribution in [3.05, 3.63) is 0 Å². The molecule has 2 heteroatoms. The van der Waals surface area contributed by atoms with Crippen LogP contribution in [-0.2, 0) is 0 Å². The predicted octanol–water partition coefficient (Wildman–Crippen LogP) is 2.96. The number of alkyl halides is 1. The van der Waals surface area contributed by atoms with Gasteiger partial charge >= 0.3 is 0 Å². The van der Waals surface area contributed by atoms with Crippen molar-refractivity contribution in [3.8, 4) is 0 Å². The standard InChI is InChI=1S/C10H19BrO/c1-10(2,3)7-4-5-9(12)8(11)6-7/h7-9,12H,4-6H2,1-3H3/t7-,8-,9-/m0/s1. The van der Waals surface area contributed by atoms with E-state index in [1.54, 1.807) is 0 Å². The lowest BCUT2D eigenvalue weighted by Crippen LogP contribution is -2.34. The molecule has 72 valence electrons. The number of aliphatic hydroxyl groups excluding tert-OH is 1. The Morgan fingerprint density at radius 1 is 1.25 bits per heavy atom. The van der Waals surface area contributed by atoms with E-state index in [9.17, 15) is 5.11 Å². The van der Waals surface area contributed by atoms with E-state index in [1.807, 2.05) is 0 Å². The third-order valence-electron chi connectivity index (χ3n) is 2.96. The van der Waals surface area contributed by atoms with Crippen molar-refractivity contribution in [2.75, 3.05) is 0 Å². The first kappa shape index (κ1) is 10.5. The summed E-state index contributed by atoms with van der Waals surface area (Å²) in [6, 6.07) is 0. The van der Waals surface area contributed by atoms with Gasteiger partial charge < -0.3 is 5.11 Å². The lowest BCUT2D eigenvalue weighted by molar-refractivity contribution is 0.0806. The molecule has 1 N–H and O–H groups in total. The van der Waals surface area contributed by atoms with E-state index >= 15 is 0 Å². The van der Waals surface area contributed by atoms with Crippen LogP contribution in [0.4, 0.5) is 0 Å². The second kappa shape index (κ2) is 3.67. The number of halogens is 1. The Kier molecular flexibility index (Phi) is 3.21. The Balaban J connectivity index is 2.51. The molecule has 0 radical (unpaired) electrons. The van der Waals surface area contributed by atoms with Gasteiger partial charge in [0.1, 0.15) is 0 Å². The van der Waals surface area contributed by atoms with E-state index in [-0.39, 0.29) is 6.10 Å². The highest BCUT2D eigenvalue weighted by atomic mass is 79.9. The van der Waals surface area contributed by atoms with Gasteiger partial charge in [0.05, 0.1) is 6.10 Å². The molecule has 12 heavy (non-hydrogen) atoms. The molecule has 0 aliphatic heterocycles. The van der Waals surface area contributed by atoms with Crippen LogP contribution in [-0.4, -0.2) is 16.0 Å². The highest BCUT2D eigenvalue weighted by molar-refractivity contribution is 9.09. The van der Waals surface area contributed by atoms with Crippen LogP contribution in [0.3, 0.4) is 0 Å². The molecular formula is C10H19BrO. The molecule has 0 aromatic heterocycles. The maximum atomic E-state index is 9.51. The summed E-state index contributed by atoms with van der Waals surface area (Å²) >= 11 is 3.54. The average Bonchev–Trinajstić information content (AvgIpc) is 1.92. The van der Waals surface area contributed by atoms with Gasteiger partial charge in [0.2, 0.25) is 0 Å². The molecule has 1 aliphatic carbocycles. The molecule has 0 aromatic rings. The van der Waals surface area contributed by atoms with Crippen LogP contribution < -0.4 is 0 Å². The zero-order valence-corrected chi connectivity index (χ0v) is 9.76. The van der Waals surface area contributed by atoms with Crippen molar-refractivity contribution < 1.29 is 5.11 Å². The quantitative estimate of drug-likeness (QED) is 0.640. The number of hydrogen-bond acceptors (Lipinski definition) is 1. The van der Waals surface area contributed by atoms with Crippen molar-refractivity contribution in [3.63, 3.8) is 0 Å². The van der Waals surface area contributed by atoms with Gasteiger partial charge in [-0.2, -0.15) is 0 Å². The second-order valence-corrected chi connectivity index (χ2v) is 6.14. The van der Waals surface area contributed by atoms with Crippen molar-refractivity contribution in [2.45, 2.75) is 51.0 Å². The van der Waals surface area contributed by atoms with E-state index in [2.05, 4.69) is 36.7 Å². The van der Waals surface area contributed by atoms with E-state index in [0.29, 0.717) is 10.2 Å². The van der Waals surface area contributed by atoms with Gasteiger partial charge in [-0.25, -0.2) is 0 Å².